The van der Waals surface area contributed by atoms with E-state index in [1.807, 2.05) is 30.3 Å². The molecule has 8 heteroatoms. The third kappa shape index (κ3) is 4.13. The minimum atomic E-state index is -0.177. The van der Waals surface area contributed by atoms with Crippen molar-refractivity contribution in [2.75, 3.05) is 43.6 Å². The molecular weight excluding hydrogens is 376 g/mol. The zero-order chi connectivity index (χ0) is 19.3. The smallest absolute Gasteiger partial charge is 0.267 e. The Morgan fingerprint density at radius 1 is 1.11 bits per heavy atom. The van der Waals surface area contributed by atoms with Crippen LogP contribution in [0.4, 0.5) is 11.4 Å². The van der Waals surface area contributed by atoms with Crippen LogP contribution in [0.15, 0.2) is 48.8 Å². The van der Waals surface area contributed by atoms with E-state index in [-0.39, 0.29) is 5.91 Å². The molecule has 28 heavy (non-hydrogen) atoms. The maximum Gasteiger partial charge on any atom is 0.267 e. The van der Waals surface area contributed by atoms with Crippen LogP contribution in [0.5, 0.6) is 5.88 Å². The summed E-state index contributed by atoms with van der Waals surface area (Å²) in [6.45, 7) is 3.26. The summed E-state index contributed by atoms with van der Waals surface area (Å²) in [6.07, 6.45) is 3.27. The Bertz CT molecular complexity index is 935. The molecule has 7 nitrogen and oxygen atoms in total. The highest BCUT2D eigenvalue weighted by atomic mass is 32.1. The number of carbonyl (C=O) groups excluding carboxylic acids is 1. The van der Waals surface area contributed by atoms with Crippen molar-refractivity contribution in [2.45, 2.75) is 0 Å². The van der Waals surface area contributed by atoms with Gasteiger partial charge in [0.25, 0.3) is 5.91 Å². The Morgan fingerprint density at radius 3 is 2.57 bits per heavy atom. The molecule has 0 saturated carbocycles. The molecule has 1 fully saturated rings. The Hall–Kier alpha value is -2.97. The minimum absolute atomic E-state index is 0.177. The fourth-order valence-corrected chi connectivity index (χ4v) is 3.71. The molecular formula is C20H20N4O3S. The number of anilines is 2. The van der Waals surface area contributed by atoms with E-state index in [0.29, 0.717) is 10.8 Å². The average molecular weight is 396 g/mol. The van der Waals surface area contributed by atoms with Gasteiger partial charge in [0.15, 0.2) is 0 Å². The molecule has 3 heterocycles. The topological polar surface area (TPSA) is 76.6 Å². The number of carbonyl (C=O) groups is 1. The quantitative estimate of drug-likeness (QED) is 0.713. The van der Waals surface area contributed by atoms with Gasteiger partial charge in [-0.2, -0.15) is 0 Å². The molecule has 2 aromatic heterocycles. The van der Waals surface area contributed by atoms with Crippen molar-refractivity contribution in [2.24, 2.45) is 0 Å². The summed E-state index contributed by atoms with van der Waals surface area (Å²) >= 11 is 1.33. The zero-order valence-electron chi connectivity index (χ0n) is 15.4. The first-order valence-corrected chi connectivity index (χ1v) is 9.75. The normalized spacial score (nSPS) is 14.0. The number of morpholine rings is 1. The minimum Gasteiger partial charge on any atom is -0.481 e. The third-order valence-corrected chi connectivity index (χ3v) is 5.47. The first-order chi connectivity index (χ1) is 13.7. The summed E-state index contributed by atoms with van der Waals surface area (Å²) in [5.74, 6) is 0.364. The lowest BCUT2D eigenvalue weighted by Gasteiger charge is -2.28. The van der Waals surface area contributed by atoms with Crippen LogP contribution in [0.1, 0.15) is 9.67 Å². The molecule has 3 aromatic rings. The van der Waals surface area contributed by atoms with Crippen molar-refractivity contribution >= 4 is 28.6 Å². The largest absolute Gasteiger partial charge is 0.481 e. The average Bonchev–Trinajstić information content (AvgIpc) is 3.25. The molecule has 0 aliphatic carbocycles. The molecule has 144 valence electrons. The Kier molecular flexibility index (Phi) is 5.50. The summed E-state index contributed by atoms with van der Waals surface area (Å²) in [6, 6.07) is 11.5. The number of ether oxygens (including phenoxy) is 2. The number of rotatable bonds is 5. The van der Waals surface area contributed by atoms with Crippen LogP contribution in [-0.2, 0) is 4.74 Å². The van der Waals surface area contributed by atoms with E-state index in [4.69, 9.17) is 9.47 Å². The molecule has 1 aliphatic rings. The van der Waals surface area contributed by atoms with Crippen molar-refractivity contribution in [3.05, 3.63) is 53.7 Å². The molecule has 1 amide bonds. The number of aromatic nitrogens is 2. The molecule has 0 atom stereocenters. The number of nitrogens with zero attached hydrogens (tertiary/aromatic N) is 3. The van der Waals surface area contributed by atoms with Gasteiger partial charge in [0.2, 0.25) is 5.88 Å². The summed E-state index contributed by atoms with van der Waals surface area (Å²) in [4.78, 5) is 23.9. The van der Waals surface area contributed by atoms with Crippen LogP contribution in [0.3, 0.4) is 0 Å². The van der Waals surface area contributed by atoms with Crippen LogP contribution in [0, 0.1) is 0 Å². The van der Waals surface area contributed by atoms with Gasteiger partial charge in [-0.15, -0.1) is 11.3 Å². The fourth-order valence-electron chi connectivity index (χ4n) is 2.91. The maximum absolute atomic E-state index is 12.5. The molecule has 0 spiro atoms. The van der Waals surface area contributed by atoms with E-state index in [1.54, 1.807) is 25.6 Å². The van der Waals surface area contributed by atoms with Crippen LogP contribution < -0.4 is 15.0 Å². The number of benzene rings is 1. The van der Waals surface area contributed by atoms with Gasteiger partial charge in [-0.1, -0.05) is 0 Å². The molecule has 1 saturated heterocycles. The van der Waals surface area contributed by atoms with Crippen molar-refractivity contribution < 1.29 is 14.3 Å². The number of pyridine rings is 1. The summed E-state index contributed by atoms with van der Waals surface area (Å²) in [7, 11) is 1.57. The summed E-state index contributed by atoms with van der Waals surface area (Å²) in [5.41, 5.74) is 2.73. The van der Waals surface area contributed by atoms with Gasteiger partial charge in [-0.05, 0) is 30.3 Å². The van der Waals surface area contributed by atoms with Crippen molar-refractivity contribution in [1.29, 1.82) is 0 Å². The van der Waals surface area contributed by atoms with Crippen molar-refractivity contribution in [3.63, 3.8) is 0 Å². The number of hydrogen-bond acceptors (Lipinski definition) is 7. The van der Waals surface area contributed by atoms with E-state index in [0.717, 1.165) is 48.2 Å². The second kappa shape index (κ2) is 8.37. The molecule has 0 bridgehead atoms. The van der Waals surface area contributed by atoms with Gasteiger partial charge in [0, 0.05) is 42.3 Å². The molecule has 0 radical (unpaired) electrons. The predicted octanol–water partition coefficient (Wildman–Crippen LogP) is 3.30. The monoisotopic (exact) mass is 396 g/mol. The van der Waals surface area contributed by atoms with Crippen LogP contribution >= 0.6 is 11.3 Å². The van der Waals surface area contributed by atoms with E-state index >= 15 is 0 Å². The van der Waals surface area contributed by atoms with Gasteiger partial charge < -0.3 is 19.7 Å². The Balaban J connectivity index is 1.41. The lowest BCUT2D eigenvalue weighted by atomic mass is 10.2. The molecule has 1 aromatic carbocycles. The predicted molar refractivity (Wildman–Crippen MR) is 109 cm³/mol. The van der Waals surface area contributed by atoms with E-state index < -0.39 is 0 Å². The molecule has 0 unspecified atom stereocenters. The highest BCUT2D eigenvalue weighted by molar-refractivity contribution is 7.17. The number of hydrogen-bond donors (Lipinski definition) is 1. The fraction of sp³-hybridized carbons (Fsp3) is 0.250. The van der Waals surface area contributed by atoms with Crippen LogP contribution in [0.25, 0.3) is 10.6 Å². The Morgan fingerprint density at radius 2 is 1.89 bits per heavy atom. The van der Waals surface area contributed by atoms with Gasteiger partial charge in [0.05, 0.1) is 26.5 Å². The highest BCUT2D eigenvalue weighted by Gasteiger charge is 2.14. The first kappa shape index (κ1) is 18.4. The number of amides is 1. The maximum atomic E-state index is 12.5. The molecule has 1 aliphatic heterocycles. The second-order valence-corrected chi connectivity index (χ2v) is 7.25. The van der Waals surface area contributed by atoms with Gasteiger partial charge in [-0.25, -0.2) is 9.97 Å². The first-order valence-electron chi connectivity index (χ1n) is 8.93. The van der Waals surface area contributed by atoms with Crippen molar-refractivity contribution in [3.8, 4) is 16.5 Å². The second-order valence-electron chi connectivity index (χ2n) is 6.22. The summed E-state index contributed by atoms with van der Waals surface area (Å²) < 4.78 is 10.4. The lowest BCUT2D eigenvalue weighted by Crippen LogP contribution is -2.36. The van der Waals surface area contributed by atoms with Gasteiger partial charge in [-0.3, -0.25) is 4.79 Å². The number of nitrogens with one attached hydrogen (secondary N) is 1. The van der Waals surface area contributed by atoms with Crippen LogP contribution in [0.2, 0.25) is 0 Å². The number of methoxy groups -OCH3 is 1. The Labute approximate surface area is 167 Å². The third-order valence-electron chi connectivity index (χ3n) is 4.42. The molecule has 4 rings (SSSR count). The van der Waals surface area contributed by atoms with Crippen molar-refractivity contribution in [1.82, 2.24) is 9.97 Å². The van der Waals surface area contributed by atoms with E-state index in [2.05, 4.69) is 20.2 Å². The van der Waals surface area contributed by atoms with Gasteiger partial charge >= 0.3 is 0 Å². The SMILES string of the molecule is COc1ccc(-c2ncc(C(=O)Nc3ccc(N4CCOCC4)cc3)s2)cn1. The van der Waals surface area contributed by atoms with E-state index in [1.165, 1.54) is 11.3 Å². The van der Waals surface area contributed by atoms with Crippen LogP contribution in [-0.4, -0.2) is 49.3 Å². The van der Waals surface area contributed by atoms with E-state index in [9.17, 15) is 4.79 Å². The summed E-state index contributed by atoms with van der Waals surface area (Å²) in [5, 5.41) is 3.66. The van der Waals surface area contributed by atoms with Gasteiger partial charge in [0.1, 0.15) is 9.88 Å². The lowest BCUT2D eigenvalue weighted by molar-refractivity contribution is 0.103. The number of thiazole rings is 1. The molecule has 1 N–H and O–H groups in total. The standard InChI is InChI=1S/C20H20N4O3S/c1-26-18-7-2-14(12-21-18)20-22-13-17(28-20)19(25)23-15-3-5-16(6-4-15)24-8-10-27-11-9-24/h2-7,12-13H,8-11H2,1H3,(H,23,25). The zero-order valence-corrected chi connectivity index (χ0v) is 16.2. The highest BCUT2D eigenvalue weighted by Crippen LogP contribution is 2.26.